The van der Waals surface area contributed by atoms with Crippen molar-refractivity contribution < 1.29 is 9.53 Å². The lowest BCUT2D eigenvalue weighted by molar-refractivity contribution is 0.0248. The van der Waals surface area contributed by atoms with E-state index in [0.717, 1.165) is 6.54 Å². The minimum absolute atomic E-state index is 0.145. The molecule has 2 bridgehead atoms. The maximum Gasteiger partial charge on any atom is 0.410 e. The normalized spacial score (nSPS) is 26.5. The summed E-state index contributed by atoms with van der Waals surface area (Å²) in [4.78, 5) is 15.5. The highest BCUT2D eigenvalue weighted by Crippen LogP contribution is 2.43. The predicted octanol–water partition coefficient (Wildman–Crippen LogP) is 4.26. The number of rotatable bonds is 2. The Bertz CT molecular complexity index is 588. The van der Waals surface area contributed by atoms with Gasteiger partial charge in [0.05, 0.1) is 6.04 Å². The van der Waals surface area contributed by atoms with Crippen LogP contribution in [0.4, 0.5) is 4.79 Å². The number of benzene rings is 1. The highest BCUT2D eigenvalue weighted by molar-refractivity contribution is 8.00. The van der Waals surface area contributed by atoms with Gasteiger partial charge in [0.2, 0.25) is 0 Å². The summed E-state index contributed by atoms with van der Waals surface area (Å²) in [5.74, 6) is 0.420. The zero-order chi connectivity index (χ0) is 15.9. The molecule has 0 aromatic heterocycles. The quantitative estimate of drug-likeness (QED) is 0.763. The van der Waals surface area contributed by atoms with E-state index in [1.165, 1.54) is 10.5 Å². The van der Waals surface area contributed by atoms with Crippen LogP contribution in [0, 0.1) is 12.8 Å². The van der Waals surface area contributed by atoms with Gasteiger partial charge in [-0.15, -0.1) is 11.8 Å². The maximum absolute atomic E-state index is 12.4. The fourth-order valence-electron chi connectivity index (χ4n) is 2.97. The van der Waals surface area contributed by atoms with Gasteiger partial charge >= 0.3 is 6.09 Å². The number of fused-ring (bicyclic) bond motifs is 2. The lowest BCUT2D eigenvalue weighted by Crippen LogP contribution is -2.41. The van der Waals surface area contributed by atoms with Crippen molar-refractivity contribution in [3.63, 3.8) is 0 Å². The Morgan fingerprint density at radius 2 is 1.91 bits per heavy atom. The molecule has 0 spiro atoms. The Morgan fingerprint density at radius 3 is 2.55 bits per heavy atom. The molecule has 118 valence electrons. The van der Waals surface area contributed by atoms with Crippen LogP contribution in [-0.4, -0.2) is 34.4 Å². The van der Waals surface area contributed by atoms with Gasteiger partial charge in [-0.25, -0.2) is 4.79 Å². The molecule has 1 heterocycles. The Balaban J connectivity index is 1.69. The molecule has 2 aliphatic rings. The molecule has 0 N–H and O–H groups in total. The molecular weight excluding hydrogens is 294 g/mol. The van der Waals surface area contributed by atoms with E-state index in [9.17, 15) is 4.79 Å². The molecule has 3 rings (SSSR count). The van der Waals surface area contributed by atoms with Crippen molar-refractivity contribution in [1.82, 2.24) is 4.90 Å². The van der Waals surface area contributed by atoms with Crippen LogP contribution in [-0.2, 0) is 4.74 Å². The minimum Gasteiger partial charge on any atom is -0.444 e. The van der Waals surface area contributed by atoms with Gasteiger partial charge in [-0.2, -0.15) is 0 Å². The molecule has 4 heteroatoms. The molecule has 22 heavy (non-hydrogen) atoms. The van der Waals surface area contributed by atoms with Gasteiger partial charge in [0.15, 0.2) is 0 Å². The average Bonchev–Trinajstić information content (AvgIpc) is 2.97. The largest absolute Gasteiger partial charge is 0.444 e. The van der Waals surface area contributed by atoms with Gasteiger partial charge in [0.1, 0.15) is 5.60 Å². The second kappa shape index (κ2) is 5.65. The number of amides is 1. The Morgan fingerprint density at radius 1 is 1.23 bits per heavy atom. The monoisotopic (exact) mass is 317 g/mol. The van der Waals surface area contributed by atoms with Gasteiger partial charge in [0.25, 0.3) is 0 Å². The highest BCUT2D eigenvalue weighted by Gasteiger charge is 2.47. The van der Waals surface area contributed by atoms with Crippen LogP contribution in [0.15, 0.2) is 41.3 Å². The van der Waals surface area contributed by atoms with E-state index in [1.807, 2.05) is 37.4 Å². The molecule has 1 saturated heterocycles. The van der Waals surface area contributed by atoms with Crippen LogP contribution in [0.3, 0.4) is 0 Å². The third kappa shape index (κ3) is 3.17. The van der Waals surface area contributed by atoms with Crippen molar-refractivity contribution in [2.45, 2.75) is 49.5 Å². The second-order valence-corrected chi connectivity index (χ2v) is 8.32. The van der Waals surface area contributed by atoms with Crippen molar-refractivity contribution in [2.24, 2.45) is 5.92 Å². The number of hydrogen-bond acceptors (Lipinski definition) is 3. The SMILES string of the molecule is Cc1ccc(S[C@H]2[C@H]3C=C[C@@H]2N(C(=O)OC(C)(C)C)C3)cc1. The van der Waals surface area contributed by atoms with Crippen molar-refractivity contribution in [3.8, 4) is 0 Å². The predicted molar refractivity (Wildman–Crippen MR) is 90.2 cm³/mol. The lowest BCUT2D eigenvalue weighted by atomic mass is 10.1. The number of carbonyl (C=O) groups is 1. The third-order valence-corrected chi connectivity index (χ3v) is 5.45. The van der Waals surface area contributed by atoms with E-state index < -0.39 is 5.60 Å². The van der Waals surface area contributed by atoms with Gasteiger partial charge in [-0.05, 0) is 39.8 Å². The highest BCUT2D eigenvalue weighted by atomic mass is 32.2. The van der Waals surface area contributed by atoms with E-state index in [1.54, 1.807) is 0 Å². The van der Waals surface area contributed by atoms with Crippen molar-refractivity contribution in [2.75, 3.05) is 6.54 Å². The Hall–Kier alpha value is -1.42. The summed E-state index contributed by atoms with van der Waals surface area (Å²) in [5.41, 5.74) is 0.828. The molecule has 3 atom stereocenters. The van der Waals surface area contributed by atoms with Gasteiger partial charge in [0, 0.05) is 22.6 Å². The second-order valence-electron chi connectivity index (χ2n) is 7.07. The molecule has 0 saturated carbocycles. The zero-order valence-electron chi connectivity index (χ0n) is 13.6. The molecule has 3 nitrogen and oxygen atoms in total. The smallest absolute Gasteiger partial charge is 0.410 e. The summed E-state index contributed by atoms with van der Waals surface area (Å²) in [6.45, 7) is 8.59. The summed E-state index contributed by atoms with van der Waals surface area (Å²) in [6.07, 6.45) is 4.21. The maximum atomic E-state index is 12.4. The fourth-order valence-corrected chi connectivity index (χ4v) is 4.31. The van der Waals surface area contributed by atoms with Crippen molar-refractivity contribution in [1.29, 1.82) is 0 Å². The van der Waals surface area contributed by atoms with Gasteiger partial charge in [-0.1, -0.05) is 29.8 Å². The number of aryl methyl sites for hydroxylation is 1. The summed E-state index contributed by atoms with van der Waals surface area (Å²) in [5, 5.41) is 0.398. The number of ether oxygens (including phenoxy) is 1. The van der Waals surface area contributed by atoms with Crippen LogP contribution in [0.25, 0.3) is 0 Å². The Labute approximate surface area is 136 Å². The molecular formula is C18H23NO2S. The van der Waals surface area contributed by atoms with E-state index in [-0.39, 0.29) is 12.1 Å². The fraction of sp³-hybridized carbons (Fsp3) is 0.500. The van der Waals surface area contributed by atoms with Gasteiger partial charge in [-0.3, -0.25) is 4.90 Å². The number of hydrogen-bond donors (Lipinski definition) is 0. The first-order valence-corrected chi connectivity index (χ1v) is 8.63. The average molecular weight is 317 g/mol. The van der Waals surface area contributed by atoms with Crippen LogP contribution < -0.4 is 0 Å². The number of thioether (sulfide) groups is 1. The lowest BCUT2D eigenvalue weighted by Gasteiger charge is -2.28. The first-order valence-electron chi connectivity index (χ1n) is 7.75. The van der Waals surface area contributed by atoms with Crippen LogP contribution in [0.2, 0.25) is 0 Å². The van der Waals surface area contributed by atoms with E-state index >= 15 is 0 Å². The molecule has 0 radical (unpaired) electrons. The molecule has 1 aliphatic carbocycles. The van der Waals surface area contributed by atoms with Crippen molar-refractivity contribution in [3.05, 3.63) is 42.0 Å². The minimum atomic E-state index is -0.442. The van der Waals surface area contributed by atoms with Crippen LogP contribution in [0.1, 0.15) is 26.3 Å². The summed E-state index contributed by atoms with van der Waals surface area (Å²) < 4.78 is 5.53. The first-order chi connectivity index (χ1) is 10.3. The standard InChI is InChI=1S/C18H23NO2S/c1-12-5-8-14(9-6-12)22-16-13-7-10-15(16)19(11-13)17(20)21-18(2,3)4/h5-10,13,15-16H,11H2,1-4H3/t13-,15-,16-/m0/s1. The van der Waals surface area contributed by atoms with Crippen molar-refractivity contribution >= 4 is 17.9 Å². The van der Waals surface area contributed by atoms with Crippen LogP contribution >= 0.6 is 11.8 Å². The topological polar surface area (TPSA) is 29.5 Å². The zero-order valence-corrected chi connectivity index (χ0v) is 14.4. The Kier molecular flexibility index (Phi) is 3.98. The number of nitrogens with zero attached hydrogens (tertiary/aromatic N) is 1. The summed E-state index contributed by atoms with van der Waals surface area (Å²) in [7, 11) is 0. The number of carbonyl (C=O) groups excluding carboxylic acids is 1. The molecule has 0 unspecified atom stereocenters. The van der Waals surface area contributed by atoms with E-state index in [2.05, 4.69) is 43.3 Å². The molecule has 1 fully saturated rings. The molecule has 1 amide bonds. The summed E-state index contributed by atoms with van der Waals surface area (Å²) in [6, 6.07) is 8.74. The molecule has 1 aromatic carbocycles. The third-order valence-electron chi connectivity index (χ3n) is 4.00. The molecule has 1 aromatic rings. The van der Waals surface area contributed by atoms with Gasteiger partial charge < -0.3 is 4.74 Å². The van der Waals surface area contributed by atoms with E-state index in [0.29, 0.717) is 11.2 Å². The first kappa shape index (κ1) is 15.5. The summed E-state index contributed by atoms with van der Waals surface area (Å²) >= 11 is 1.87. The van der Waals surface area contributed by atoms with Crippen LogP contribution in [0.5, 0.6) is 0 Å². The van der Waals surface area contributed by atoms with E-state index in [4.69, 9.17) is 4.74 Å². The molecule has 1 aliphatic heterocycles. The number of likely N-dealkylation sites (tertiary alicyclic amines) is 1.